The molecule has 0 aliphatic rings. The summed E-state index contributed by atoms with van der Waals surface area (Å²) in [4.78, 5) is 11.9. The van der Waals surface area contributed by atoms with Gasteiger partial charge >= 0.3 is 0 Å². The molecule has 0 radical (unpaired) electrons. The predicted molar refractivity (Wildman–Crippen MR) is 84.3 cm³/mol. The highest BCUT2D eigenvalue weighted by Crippen LogP contribution is 2.20. The third-order valence-corrected chi connectivity index (χ3v) is 3.18. The summed E-state index contributed by atoms with van der Waals surface area (Å²) in [6.45, 7) is 8.71. The Labute approximate surface area is 127 Å². The van der Waals surface area contributed by atoms with E-state index in [4.69, 9.17) is 10.5 Å². The van der Waals surface area contributed by atoms with Crippen LogP contribution >= 0.6 is 12.4 Å². The van der Waals surface area contributed by atoms with Gasteiger partial charge in [-0.05, 0) is 32.4 Å². The van der Waals surface area contributed by atoms with Crippen LogP contribution in [0.25, 0.3) is 0 Å². The van der Waals surface area contributed by atoms with Gasteiger partial charge in [0, 0.05) is 24.1 Å². The second kappa shape index (κ2) is 8.82. The summed E-state index contributed by atoms with van der Waals surface area (Å²) in [6.07, 6.45) is 0. The zero-order chi connectivity index (χ0) is 14.4. The van der Waals surface area contributed by atoms with E-state index in [2.05, 4.69) is 5.32 Å². The molecule has 3 N–H and O–H groups in total. The predicted octanol–water partition coefficient (Wildman–Crippen LogP) is 2.42. The van der Waals surface area contributed by atoms with E-state index < -0.39 is 0 Å². The molecule has 2 atom stereocenters. The fraction of sp³-hybridized carbons (Fsp3) is 0.533. The molecule has 1 amide bonds. The van der Waals surface area contributed by atoms with Gasteiger partial charge in [0.15, 0.2) is 0 Å². The minimum absolute atomic E-state index is 0. The van der Waals surface area contributed by atoms with Crippen molar-refractivity contribution in [1.29, 1.82) is 0 Å². The van der Waals surface area contributed by atoms with Crippen LogP contribution in [-0.4, -0.2) is 18.6 Å². The van der Waals surface area contributed by atoms with Crippen LogP contribution in [0.4, 0.5) is 0 Å². The molecule has 0 aliphatic carbocycles. The molecule has 0 saturated heterocycles. The monoisotopic (exact) mass is 300 g/mol. The second-order valence-electron chi connectivity index (χ2n) is 4.91. The van der Waals surface area contributed by atoms with Crippen LogP contribution in [0.15, 0.2) is 18.2 Å². The highest BCUT2D eigenvalue weighted by Gasteiger charge is 2.17. The van der Waals surface area contributed by atoms with Gasteiger partial charge in [0.2, 0.25) is 5.91 Å². The molecular weight excluding hydrogens is 276 g/mol. The van der Waals surface area contributed by atoms with E-state index in [1.165, 1.54) is 0 Å². The highest BCUT2D eigenvalue weighted by molar-refractivity contribution is 5.85. The summed E-state index contributed by atoms with van der Waals surface area (Å²) >= 11 is 0. The standard InChI is InChI=1S/C15H24N2O2.ClH/c1-5-19-14-8-10(2)6-7-13(14)9-17-15(18)11(3)12(4)16;/h6-8,11-12H,5,9,16H2,1-4H3,(H,17,18);1H. The van der Waals surface area contributed by atoms with Gasteiger partial charge in [0.1, 0.15) is 5.75 Å². The molecule has 0 aliphatic heterocycles. The Kier molecular flexibility index (Phi) is 8.26. The minimum Gasteiger partial charge on any atom is -0.494 e. The van der Waals surface area contributed by atoms with Crippen molar-refractivity contribution in [3.05, 3.63) is 29.3 Å². The molecule has 0 aromatic heterocycles. The molecule has 0 bridgehead atoms. The SMILES string of the molecule is CCOc1cc(C)ccc1CNC(=O)C(C)C(C)N.Cl. The van der Waals surface area contributed by atoms with Crippen molar-refractivity contribution in [2.24, 2.45) is 11.7 Å². The second-order valence-corrected chi connectivity index (χ2v) is 4.91. The van der Waals surface area contributed by atoms with Crippen LogP contribution in [0, 0.1) is 12.8 Å². The van der Waals surface area contributed by atoms with E-state index in [0.29, 0.717) is 13.2 Å². The molecule has 4 nitrogen and oxygen atoms in total. The number of nitrogens with two attached hydrogens (primary N) is 1. The Morgan fingerprint density at radius 1 is 1.40 bits per heavy atom. The van der Waals surface area contributed by atoms with E-state index >= 15 is 0 Å². The average molecular weight is 301 g/mol. The average Bonchev–Trinajstić information content (AvgIpc) is 2.36. The van der Waals surface area contributed by atoms with Gasteiger partial charge in [-0.1, -0.05) is 19.1 Å². The normalized spacial score (nSPS) is 13.1. The number of hydrogen-bond acceptors (Lipinski definition) is 3. The van der Waals surface area contributed by atoms with Gasteiger partial charge in [-0.25, -0.2) is 0 Å². The summed E-state index contributed by atoms with van der Waals surface area (Å²) in [5, 5.41) is 2.90. The van der Waals surface area contributed by atoms with Crippen LogP contribution in [0.2, 0.25) is 0 Å². The maximum atomic E-state index is 11.9. The summed E-state index contributed by atoms with van der Waals surface area (Å²) in [7, 11) is 0. The number of carbonyl (C=O) groups is 1. The first-order chi connectivity index (χ1) is 8.95. The quantitative estimate of drug-likeness (QED) is 0.848. The molecule has 0 heterocycles. The van der Waals surface area contributed by atoms with E-state index in [1.54, 1.807) is 0 Å². The van der Waals surface area contributed by atoms with Gasteiger partial charge in [0.25, 0.3) is 0 Å². The molecule has 5 heteroatoms. The van der Waals surface area contributed by atoms with Gasteiger partial charge < -0.3 is 15.8 Å². The number of benzene rings is 1. The lowest BCUT2D eigenvalue weighted by Gasteiger charge is -2.16. The summed E-state index contributed by atoms with van der Waals surface area (Å²) < 4.78 is 5.58. The fourth-order valence-corrected chi connectivity index (χ4v) is 1.68. The zero-order valence-corrected chi connectivity index (χ0v) is 13.4. The van der Waals surface area contributed by atoms with Crippen molar-refractivity contribution < 1.29 is 9.53 Å². The van der Waals surface area contributed by atoms with E-state index in [9.17, 15) is 4.79 Å². The van der Waals surface area contributed by atoms with Crippen LogP contribution in [0.1, 0.15) is 31.9 Å². The summed E-state index contributed by atoms with van der Waals surface area (Å²) in [5.41, 5.74) is 7.84. The highest BCUT2D eigenvalue weighted by atomic mass is 35.5. The largest absolute Gasteiger partial charge is 0.494 e. The van der Waals surface area contributed by atoms with Gasteiger partial charge in [-0.3, -0.25) is 4.79 Å². The Morgan fingerprint density at radius 2 is 2.05 bits per heavy atom. The Hall–Kier alpha value is -1.26. The number of ether oxygens (including phenoxy) is 1. The lowest BCUT2D eigenvalue weighted by Crippen LogP contribution is -2.38. The van der Waals surface area contributed by atoms with Crippen molar-refractivity contribution in [2.75, 3.05) is 6.61 Å². The summed E-state index contributed by atoms with van der Waals surface area (Å²) in [5.74, 6) is 0.607. The third-order valence-electron chi connectivity index (χ3n) is 3.18. The molecule has 0 fully saturated rings. The van der Waals surface area contributed by atoms with Crippen LogP contribution in [0.3, 0.4) is 0 Å². The van der Waals surface area contributed by atoms with Crippen molar-refractivity contribution in [3.8, 4) is 5.75 Å². The van der Waals surface area contributed by atoms with E-state index in [1.807, 2.05) is 45.9 Å². The topological polar surface area (TPSA) is 64.3 Å². The molecule has 114 valence electrons. The minimum atomic E-state index is -0.194. The molecule has 1 aromatic carbocycles. The van der Waals surface area contributed by atoms with Gasteiger partial charge in [0.05, 0.1) is 6.61 Å². The Balaban J connectivity index is 0.00000361. The first-order valence-corrected chi connectivity index (χ1v) is 6.71. The molecule has 1 aromatic rings. The fourth-order valence-electron chi connectivity index (χ4n) is 1.68. The number of hydrogen-bond donors (Lipinski definition) is 2. The lowest BCUT2D eigenvalue weighted by atomic mass is 10.0. The van der Waals surface area contributed by atoms with Crippen molar-refractivity contribution in [2.45, 2.75) is 40.3 Å². The van der Waals surface area contributed by atoms with Crippen molar-refractivity contribution in [1.82, 2.24) is 5.32 Å². The van der Waals surface area contributed by atoms with Crippen molar-refractivity contribution >= 4 is 18.3 Å². The maximum absolute atomic E-state index is 11.9. The van der Waals surface area contributed by atoms with Crippen LogP contribution in [0.5, 0.6) is 5.75 Å². The molecule has 1 rings (SSSR count). The number of carbonyl (C=O) groups excluding carboxylic acids is 1. The maximum Gasteiger partial charge on any atom is 0.224 e. The number of nitrogens with one attached hydrogen (secondary N) is 1. The van der Waals surface area contributed by atoms with Crippen molar-refractivity contribution in [3.63, 3.8) is 0 Å². The number of rotatable bonds is 6. The van der Waals surface area contributed by atoms with Gasteiger partial charge in [-0.2, -0.15) is 0 Å². The van der Waals surface area contributed by atoms with E-state index in [-0.39, 0.29) is 30.3 Å². The smallest absolute Gasteiger partial charge is 0.224 e. The molecule has 2 unspecified atom stereocenters. The van der Waals surface area contributed by atoms with Gasteiger partial charge in [-0.15, -0.1) is 12.4 Å². The lowest BCUT2D eigenvalue weighted by molar-refractivity contribution is -0.125. The first-order valence-electron chi connectivity index (χ1n) is 6.71. The van der Waals surface area contributed by atoms with Crippen LogP contribution in [-0.2, 0) is 11.3 Å². The number of aryl methyl sites for hydroxylation is 1. The molecule has 0 saturated carbocycles. The number of amides is 1. The number of halogens is 1. The zero-order valence-electron chi connectivity index (χ0n) is 12.6. The molecule has 20 heavy (non-hydrogen) atoms. The van der Waals surface area contributed by atoms with E-state index in [0.717, 1.165) is 16.9 Å². The molecule has 0 spiro atoms. The Bertz CT molecular complexity index is 436. The third kappa shape index (κ3) is 5.39. The Morgan fingerprint density at radius 3 is 2.60 bits per heavy atom. The first kappa shape index (κ1) is 18.7. The van der Waals surface area contributed by atoms with Crippen LogP contribution < -0.4 is 15.8 Å². The molecular formula is C15H25ClN2O2. The summed E-state index contributed by atoms with van der Waals surface area (Å²) in [6, 6.07) is 5.83.